The minimum atomic E-state index is 0.135. The van der Waals surface area contributed by atoms with Gasteiger partial charge in [0, 0.05) is 13.4 Å². The minimum absolute atomic E-state index is 0.135. The smallest absolute Gasteiger partial charge is 0.139 e. The largest absolute Gasteiger partial charge is 0.506 e. The van der Waals surface area contributed by atoms with Gasteiger partial charge < -0.3 is 10.8 Å². The van der Waals surface area contributed by atoms with Crippen LogP contribution >= 0.6 is 34.4 Å². The number of aromatic hydroxyl groups is 1. The lowest BCUT2D eigenvalue weighted by Crippen LogP contribution is -1.84. The molecular formula is C12H10INOS. The Morgan fingerprint density at radius 2 is 1.62 bits per heavy atom. The molecule has 2 aromatic rings. The van der Waals surface area contributed by atoms with Crippen LogP contribution in [-0.4, -0.2) is 5.11 Å². The molecule has 4 heteroatoms. The first-order chi connectivity index (χ1) is 7.65. The molecule has 0 unspecified atom stereocenters. The molecule has 0 saturated heterocycles. The summed E-state index contributed by atoms with van der Waals surface area (Å²) in [6.45, 7) is 0. The van der Waals surface area contributed by atoms with Gasteiger partial charge in [-0.3, -0.25) is 0 Å². The third kappa shape index (κ3) is 2.82. The Kier molecular flexibility index (Phi) is 3.60. The highest BCUT2D eigenvalue weighted by Gasteiger charge is 2.01. The Bertz CT molecular complexity index is 499. The Balaban J connectivity index is 2.20. The first-order valence-electron chi connectivity index (χ1n) is 4.67. The third-order valence-electron chi connectivity index (χ3n) is 2.05. The van der Waals surface area contributed by atoms with Crippen molar-refractivity contribution in [1.82, 2.24) is 0 Å². The maximum absolute atomic E-state index is 9.48. The highest BCUT2D eigenvalue weighted by atomic mass is 127. The molecule has 82 valence electrons. The van der Waals surface area contributed by atoms with Gasteiger partial charge in [0.2, 0.25) is 0 Å². The average molecular weight is 343 g/mol. The van der Waals surface area contributed by atoms with E-state index in [4.69, 9.17) is 5.73 Å². The van der Waals surface area contributed by atoms with E-state index in [1.807, 2.05) is 6.07 Å². The molecule has 0 aliphatic rings. The van der Waals surface area contributed by atoms with E-state index in [0.29, 0.717) is 5.69 Å². The molecule has 0 aliphatic carbocycles. The highest BCUT2D eigenvalue weighted by Crippen LogP contribution is 2.32. The molecule has 0 fully saturated rings. The summed E-state index contributed by atoms with van der Waals surface area (Å²) < 4.78 is 1.21. The Hall–Kier alpha value is -0.880. The lowest BCUT2D eigenvalue weighted by molar-refractivity contribution is 0.476. The van der Waals surface area contributed by atoms with Crippen LogP contribution in [0.2, 0.25) is 0 Å². The van der Waals surface area contributed by atoms with Crippen LogP contribution < -0.4 is 5.73 Å². The van der Waals surface area contributed by atoms with Crippen molar-refractivity contribution < 1.29 is 5.11 Å². The fraction of sp³-hybridized carbons (Fsp3) is 0. The zero-order valence-corrected chi connectivity index (χ0v) is 11.3. The lowest BCUT2D eigenvalue weighted by Gasteiger charge is -2.04. The summed E-state index contributed by atoms with van der Waals surface area (Å²) in [6, 6.07) is 13.5. The Labute approximate surface area is 112 Å². The summed E-state index contributed by atoms with van der Waals surface area (Å²) in [6.07, 6.45) is 0. The fourth-order valence-electron chi connectivity index (χ4n) is 1.23. The summed E-state index contributed by atoms with van der Waals surface area (Å²) >= 11 is 3.87. The average Bonchev–Trinajstić information content (AvgIpc) is 2.27. The van der Waals surface area contributed by atoms with Crippen molar-refractivity contribution in [2.24, 2.45) is 0 Å². The van der Waals surface area contributed by atoms with E-state index in [-0.39, 0.29) is 5.75 Å². The van der Waals surface area contributed by atoms with Crippen molar-refractivity contribution in [1.29, 1.82) is 0 Å². The van der Waals surface area contributed by atoms with E-state index in [2.05, 4.69) is 46.9 Å². The summed E-state index contributed by atoms with van der Waals surface area (Å²) in [7, 11) is 0. The van der Waals surface area contributed by atoms with E-state index >= 15 is 0 Å². The zero-order valence-electron chi connectivity index (χ0n) is 8.35. The van der Waals surface area contributed by atoms with Crippen molar-refractivity contribution in [3.63, 3.8) is 0 Å². The van der Waals surface area contributed by atoms with Crippen LogP contribution in [0.25, 0.3) is 0 Å². The Morgan fingerprint density at radius 3 is 2.25 bits per heavy atom. The zero-order chi connectivity index (χ0) is 11.5. The number of phenols is 1. The number of hydrogen-bond donors (Lipinski definition) is 2. The molecule has 2 rings (SSSR count). The fourth-order valence-corrected chi connectivity index (χ4v) is 2.44. The number of rotatable bonds is 2. The van der Waals surface area contributed by atoms with E-state index in [9.17, 15) is 5.11 Å². The molecule has 0 heterocycles. The summed E-state index contributed by atoms with van der Waals surface area (Å²) in [5, 5.41) is 9.48. The van der Waals surface area contributed by atoms with Crippen LogP contribution in [0.5, 0.6) is 5.75 Å². The van der Waals surface area contributed by atoms with Crippen molar-refractivity contribution in [3.05, 3.63) is 46.0 Å². The molecule has 0 radical (unpaired) electrons. The summed E-state index contributed by atoms with van der Waals surface area (Å²) in [4.78, 5) is 2.12. The number of hydrogen-bond acceptors (Lipinski definition) is 3. The number of benzene rings is 2. The second kappa shape index (κ2) is 4.97. The van der Waals surface area contributed by atoms with Gasteiger partial charge in [0.25, 0.3) is 0 Å². The van der Waals surface area contributed by atoms with Crippen LogP contribution in [0.3, 0.4) is 0 Å². The van der Waals surface area contributed by atoms with Crippen LogP contribution in [-0.2, 0) is 0 Å². The second-order valence-electron chi connectivity index (χ2n) is 3.28. The van der Waals surface area contributed by atoms with Crippen LogP contribution in [0, 0.1) is 3.57 Å². The quantitative estimate of drug-likeness (QED) is 0.496. The predicted molar refractivity (Wildman–Crippen MR) is 75.8 cm³/mol. The number of anilines is 1. The monoisotopic (exact) mass is 343 g/mol. The molecule has 2 aromatic carbocycles. The lowest BCUT2D eigenvalue weighted by atomic mass is 10.3. The standard InChI is InChI=1S/C12H10INOS/c13-8-1-3-9(4-2-8)16-10-5-6-11(14)12(15)7-10/h1-7,15H,14H2. The van der Waals surface area contributed by atoms with E-state index in [1.54, 1.807) is 23.9 Å². The minimum Gasteiger partial charge on any atom is -0.506 e. The van der Waals surface area contributed by atoms with Crippen LogP contribution in [0.15, 0.2) is 52.3 Å². The van der Waals surface area contributed by atoms with Gasteiger partial charge in [-0.15, -0.1) is 0 Å². The molecule has 0 bridgehead atoms. The topological polar surface area (TPSA) is 46.2 Å². The molecule has 0 atom stereocenters. The van der Waals surface area contributed by atoms with Crippen LogP contribution in [0.1, 0.15) is 0 Å². The summed E-state index contributed by atoms with van der Waals surface area (Å²) in [5.41, 5.74) is 5.95. The first kappa shape index (κ1) is 11.6. The van der Waals surface area contributed by atoms with Gasteiger partial charge in [0.1, 0.15) is 5.75 Å². The van der Waals surface area contributed by atoms with Gasteiger partial charge in [0.05, 0.1) is 5.69 Å². The molecule has 0 spiro atoms. The van der Waals surface area contributed by atoms with Crippen molar-refractivity contribution >= 4 is 40.0 Å². The van der Waals surface area contributed by atoms with Gasteiger partial charge in [0.15, 0.2) is 0 Å². The maximum Gasteiger partial charge on any atom is 0.139 e. The molecule has 0 amide bonds. The molecule has 0 aromatic heterocycles. The second-order valence-corrected chi connectivity index (χ2v) is 5.67. The van der Waals surface area contributed by atoms with E-state index in [0.717, 1.165) is 9.79 Å². The van der Waals surface area contributed by atoms with Crippen molar-refractivity contribution in [2.45, 2.75) is 9.79 Å². The molecule has 0 saturated carbocycles. The predicted octanol–water partition coefficient (Wildman–Crippen LogP) is 3.73. The summed E-state index contributed by atoms with van der Waals surface area (Å²) in [5.74, 6) is 0.135. The van der Waals surface area contributed by atoms with Crippen molar-refractivity contribution in [2.75, 3.05) is 5.73 Å². The van der Waals surface area contributed by atoms with Gasteiger partial charge in [-0.05, 0) is 65.1 Å². The number of halogens is 1. The number of nitrogen functional groups attached to an aromatic ring is 1. The SMILES string of the molecule is Nc1ccc(Sc2ccc(I)cc2)cc1O. The van der Waals surface area contributed by atoms with Gasteiger partial charge in [-0.2, -0.15) is 0 Å². The van der Waals surface area contributed by atoms with Gasteiger partial charge >= 0.3 is 0 Å². The third-order valence-corrected chi connectivity index (χ3v) is 3.77. The normalized spacial score (nSPS) is 10.3. The number of phenolic OH excluding ortho intramolecular Hbond substituents is 1. The van der Waals surface area contributed by atoms with Gasteiger partial charge in [-0.25, -0.2) is 0 Å². The maximum atomic E-state index is 9.48. The van der Waals surface area contributed by atoms with E-state index in [1.165, 1.54) is 3.57 Å². The highest BCUT2D eigenvalue weighted by molar-refractivity contribution is 14.1. The first-order valence-corrected chi connectivity index (χ1v) is 6.56. The van der Waals surface area contributed by atoms with Gasteiger partial charge in [-0.1, -0.05) is 11.8 Å². The molecule has 2 nitrogen and oxygen atoms in total. The molecule has 16 heavy (non-hydrogen) atoms. The van der Waals surface area contributed by atoms with E-state index < -0.39 is 0 Å². The number of nitrogens with two attached hydrogens (primary N) is 1. The van der Waals surface area contributed by atoms with Crippen molar-refractivity contribution in [3.8, 4) is 5.75 Å². The van der Waals surface area contributed by atoms with Crippen LogP contribution in [0.4, 0.5) is 5.69 Å². The Morgan fingerprint density at radius 1 is 1.00 bits per heavy atom. The molecule has 0 aliphatic heterocycles. The molecular weight excluding hydrogens is 333 g/mol. The molecule has 3 N–H and O–H groups in total.